The first-order valence-corrected chi connectivity index (χ1v) is 10.6. The van der Waals surface area contributed by atoms with Gasteiger partial charge in [0, 0.05) is 24.7 Å². The van der Waals surface area contributed by atoms with E-state index in [1.165, 1.54) is 22.3 Å². The summed E-state index contributed by atoms with van der Waals surface area (Å²) >= 11 is 1.48. The van der Waals surface area contributed by atoms with Crippen LogP contribution in [-0.4, -0.2) is 43.4 Å². The van der Waals surface area contributed by atoms with Gasteiger partial charge in [0.1, 0.15) is 11.9 Å². The summed E-state index contributed by atoms with van der Waals surface area (Å²) in [7, 11) is 0. The molecule has 0 radical (unpaired) electrons. The molecule has 1 amide bonds. The van der Waals surface area contributed by atoms with E-state index in [1.807, 2.05) is 10.3 Å². The molecular weight excluding hydrogens is 405 g/mol. The Morgan fingerprint density at radius 3 is 3.03 bits per heavy atom. The Kier molecular flexibility index (Phi) is 5.86. The van der Waals surface area contributed by atoms with Gasteiger partial charge in [0.15, 0.2) is 11.3 Å². The predicted octanol–water partition coefficient (Wildman–Crippen LogP) is 4.37. The van der Waals surface area contributed by atoms with Crippen molar-refractivity contribution in [3.05, 3.63) is 58.8 Å². The molecule has 0 aliphatic carbocycles. The van der Waals surface area contributed by atoms with E-state index in [-0.39, 0.29) is 17.8 Å². The lowest BCUT2D eigenvalue weighted by Crippen LogP contribution is -2.36. The zero-order valence-corrected chi connectivity index (χ0v) is 17.4. The second kappa shape index (κ2) is 8.71. The van der Waals surface area contributed by atoms with E-state index in [4.69, 9.17) is 11.3 Å². The normalized spacial score (nSPS) is 22.8. The number of thiazole rings is 1. The number of cyclic esters (lactones) is 1. The van der Waals surface area contributed by atoms with Gasteiger partial charge in [-0.05, 0) is 30.5 Å². The summed E-state index contributed by atoms with van der Waals surface area (Å²) in [5, 5.41) is 5.77. The topological polar surface area (TPSA) is 62.1 Å². The number of nitrogens with one attached hydrogen (secondary N) is 1. The summed E-state index contributed by atoms with van der Waals surface area (Å²) in [5.74, 6) is -0.166. The Morgan fingerprint density at radius 1 is 1.47 bits per heavy atom. The third-order valence-corrected chi connectivity index (χ3v) is 6.13. The van der Waals surface area contributed by atoms with Gasteiger partial charge in [-0.1, -0.05) is 12.5 Å². The van der Waals surface area contributed by atoms with Crippen molar-refractivity contribution in [1.82, 2.24) is 4.98 Å². The zero-order valence-electron chi connectivity index (χ0n) is 16.5. The monoisotopic (exact) mass is 427 g/mol. The first-order valence-electron chi connectivity index (χ1n) is 9.76. The number of benzene rings is 1. The number of rotatable bonds is 5. The predicted molar refractivity (Wildman–Crippen MR) is 115 cm³/mol. The lowest BCUT2D eigenvalue weighted by atomic mass is 9.93. The minimum absolute atomic E-state index is 0.201. The van der Waals surface area contributed by atoms with Crippen LogP contribution in [0.1, 0.15) is 13.3 Å². The molecule has 0 saturated carbocycles. The van der Waals surface area contributed by atoms with Gasteiger partial charge in [-0.25, -0.2) is 19.0 Å². The van der Waals surface area contributed by atoms with Crippen LogP contribution < -0.4 is 15.1 Å². The fourth-order valence-corrected chi connectivity index (χ4v) is 4.35. The van der Waals surface area contributed by atoms with Crippen LogP contribution in [0.2, 0.25) is 0 Å². The summed E-state index contributed by atoms with van der Waals surface area (Å²) in [6.45, 7) is 11.2. The molecule has 3 heterocycles. The Labute approximate surface area is 178 Å². The van der Waals surface area contributed by atoms with Crippen molar-refractivity contribution in [2.24, 2.45) is 5.92 Å². The molecule has 2 aliphatic rings. The highest BCUT2D eigenvalue weighted by atomic mass is 32.1. The van der Waals surface area contributed by atoms with E-state index in [0.29, 0.717) is 37.6 Å². The Balaban J connectivity index is 1.41. The number of hydrogen-bond donors (Lipinski definition) is 1. The number of nitrogens with zero attached hydrogens (tertiary/aromatic N) is 4. The molecule has 0 spiro atoms. The molecule has 1 aromatic carbocycles. The molecule has 2 fully saturated rings. The van der Waals surface area contributed by atoms with Crippen LogP contribution in [0.25, 0.3) is 4.85 Å². The number of carbonyl (C=O) groups excluding carboxylic acids is 1. The zero-order chi connectivity index (χ0) is 21.1. The number of amides is 1. The van der Waals surface area contributed by atoms with Crippen molar-refractivity contribution in [2.45, 2.75) is 19.4 Å². The van der Waals surface area contributed by atoms with Crippen LogP contribution in [0.3, 0.4) is 0 Å². The van der Waals surface area contributed by atoms with Crippen LogP contribution in [0.4, 0.5) is 25.7 Å². The van der Waals surface area contributed by atoms with Gasteiger partial charge in [-0.2, -0.15) is 0 Å². The molecule has 2 saturated heterocycles. The fraction of sp³-hybridized carbons (Fsp3) is 0.381. The van der Waals surface area contributed by atoms with E-state index >= 15 is 0 Å². The average Bonchev–Trinajstić information content (AvgIpc) is 3.37. The average molecular weight is 428 g/mol. The number of piperidine rings is 1. The summed E-state index contributed by atoms with van der Waals surface area (Å²) < 4.78 is 20.3. The van der Waals surface area contributed by atoms with Crippen molar-refractivity contribution in [1.29, 1.82) is 0 Å². The molecule has 2 aromatic rings. The number of anilines is 3. The molecule has 156 valence electrons. The molecular formula is C21H22FN5O2S. The van der Waals surface area contributed by atoms with Gasteiger partial charge >= 0.3 is 6.09 Å². The molecule has 30 heavy (non-hydrogen) atoms. The second-order valence-electron chi connectivity index (χ2n) is 7.40. The molecule has 1 aromatic heterocycles. The van der Waals surface area contributed by atoms with E-state index < -0.39 is 6.09 Å². The maximum absolute atomic E-state index is 14.9. The maximum atomic E-state index is 14.9. The molecule has 2 aliphatic heterocycles. The van der Waals surface area contributed by atoms with Crippen molar-refractivity contribution in [3.63, 3.8) is 0 Å². The van der Waals surface area contributed by atoms with Crippen LogP contribution in [-0.2, 0) is 4.74 Å². The molecule has 4 rings (SSSR count). The first kappa shape index (κ1) is 20.2. The highest BCUT2D eigenvalue weighted by Crippen LogP contribution is 2.32. The van der Waals surface area contributed by atoms with Crippen molar-refractivity contribution in [3.8, 4) is 0 Å². The molecule has 0 bridgehead atoms. The fourth-order valence-electron chi connectivity index (χ4n) is 3.81. The number of carbonyl (C=O) groups is 1. The van der Waals surface area contributed by atoms with Gasteiger partial charge < -0.3 is 15.0 Å². The van der Waals surface area contributed by atoms with Crippen LogP contribution in [0.15, 0.2) is 41.5 Å². The number of halogens is 1. The highest BCUT2D eigenvalue weighted by Gasteiger charge is 2.33. The largest absolute Gasteiger partial charge is 0.442 e. The third-order valence-electron chi connectivity index (χ3n) is 5.40. The van der Waals surface area contributed by atoms with E-state index in [2.05, 4.69) is 22.1 Å². The van der Waals surface area contributed by atoms with E-state index in [9.17, 15) is 9.18 Å². The van der Waals surface area contributed by atoms with Crippen molar-refractivity contribution >= 4 is 33.9 Å². The SMILES string of the molecule is [C-]#[N+]C=C1CCN(c2ccc(N3C[C@H](CNc4nccs4)OC3=O)cc2F)CC1C. The summed E-state index contributed by atoms with van der Waals surface area (Å²) in [4.78, 5) is 23.2. The van der Waals surface area contributed by atoms with Crippen molar-refractivity contribution in [2.75, 3.05) is 41.3 Å². The van der Waals surface area contributed by atoms with Gasteiger partial charge in [-0.3, -0.25) is 4.90 Å². The molecule has 9 heteroatoms. The maximum Gasteiger partial charge on any atom is 0.414 e. The van der Waals surface area contributed by atoms with Crippen molar-refractivity contribution < 1.29 is 13.9 Å². The van der Waals surface area contributed by atoms with Gasteiger partial charge in [0.05, 0.1) is 31.0 Å². The second-order valence-corrected chi connectivity index (χ2v) is 8.29. The van der Waals surface area contributed by atoms with Crippen LogP contribution >= 0.6 is 11.3 Å². The number of ether oxygens (including phenoxy) is 1. The summed E-state index contributed by atoms with van der Waals surface area (Å²) in [6, 6.07) is 4.86. The quantitative estimate of drug-likeness (QED) is 0.718. The summed E-state index contributed by atoms with van der Waals surface area (Å²) in [5.41, 5.74) is 2.11. The van der Waals surface area contributed by atoms with Gasteiger partial charge in [-0.15, -0.1) is 11.3 Å². The Hall–Kier alpha value is -3.12. The highest BCUT2D eigenvalue weighted by molar-refractivity contribution is 7.13. The lowest BCUT2D eigenvalue weighted by molar-refractivity contribution is 0.147. The first-order chi connectivity index (χ1) is 14.5. The van der Waals surface area contributed by atoms with E-state index in [1.54, 1.807) is 24.5 Å². The van der Waals surface area contributed by atoms with Gasteiger partial charge in [0.2, 0.25) is 0 Å². The Bertz CT molecular complexity index is 988. The van der Waals surface area contributed by atoms with E-state index in [0.717, 1.165) is 17.1 Å². The minimum Gasteiger partial charge on any atom is -0.442 e. The van der Waals surface area contributed by atoms with Crippen LogP contribution in [0.5, 0.6) is 0 Å². The summed E-state index contributed by atoms with van der Waals surface area (Å²) in [6.07, 6.45) is 3.22. The third kappa shape index (κ3) is 4.24. The smallest absolute Gasteiger partial charge is 0.414 e. The lowest BCUT2D eigenvalue weighted by Gasteiger charge is -2.35. The molecule has 7 nitrogen and oxygen atoms in total. The van der Waals surface area contributed by atoms with Gasteiger partial charge in [0.25, 0.3) is 0 Å². The number of hydrogen-bond acceptors (Lipinski definition) is 6. The molecule has 1 unspecified atom stereocenters. The molecule has 1 N–H and O–H groups in total. The Morgan fingerprint density at radius 2 is 2.33 bits per heavy atom. The minimum atomic E-state index is -0.478. The van der Waals surface area contributed by atoms with Crippen LogP contribution in [0, 0.1) is 18.3 Å². The molecule has 2 atom stereocenters. The number of aromatic nitrogens is 1. The standard InChI is InChI=1S/C21H22FN5O2S/c1-14-12-26(7-5-15(14)10-23-2)19-4-3-16(9-18(19)22)27-13-17(29-21(27)28)11-25-20-24-6-8-30-20/h3-4,6,8-10,14,17H,5,7,11-13H2,1H3,(H,24,25)/t14?,17-/m0/s1.